The van der Waals surface area contributed by atoms with Crippen molar-refractivity contribution < 1.29 is 4.79 Å². The lowest BCUT2D eigenvalue weighted by atomic mass is 9.81. The Morgan fingerprint density at radius 2 is 2.20 bits per heavy atom. The normalized spacial score (nSPS) is 9.93. The predicted octanol–water partition coefficient (Wildman–Crippen LogP) is 2.52. The van der Waals surface area contributed by atoms with E-state index in [0.717, 1.165) is 16.5 Å². The molecule has 0 saturated carbocycles. The molecule has 0 aliphatic heterocycles. The molecule has 1 aromatic heterocycles. The predicted molar refractivity (Wildman–Crippen MR) is 62.4 cm³/mol. The van der Waals surface area contributed by atoms with Gasteiger partial charge in [-0.1, -0.05) is 12.9 Å². The van der Waals surface area contributed by atoms with Gasteiger partial charge in [0.15, 0.2) is 5.81 Å². The fourth-order valence-electron chi connectivity index (χ4n) is 1.38. The summed E-state index contributed by atoms with van der Waals surface area (Å²) in [7, 11) is 1.50. The number of nitrogens with zero attached hydrogens (tertiary/aromatic N) is 1. The number of fused-ring (bicyclic) bond motifs is 1. The number of rotatable bonds is 2. The zero-order valence-corrected chi connectivity index (χ0v) is 8.40. The van der Waals surface area contributed by atoms with Crippen molar-refractivity contribution in [3.05, 3.63) is 36.7 Å². The monoisotopic (exact) mass is 197 g/mol. The van der Waals surface area contributed by atoms with Crippen molar-refractivity contribution in [2.75, 3.05) is 5.32 Å². The van der Waals surface area contributed by atoms with Gasteiger partial charge in [0.1, 0.15) is 0 Å². The Kier molecular flexibility index (Phi) is 2.67. The molecule has 2 rings (SSSR count). The lowest BCUT2D eigenvalue weighted by Crippen LogP contribution is -2.14. The molecule has 1 N–H and O–H groups in total. The molecular weight excluding hydrogens is 187 g/mol. The molecule has 1 aromatic carbocycles. The van der Waals surface area contributed by atoms with E-state index in [4.69, 9.17) is 0 Å². The number of hydrogen-bond acceptors (Lipinski definition) is 2. The second kappa shape index (κ2) is 4.13. The first-order chi connectivity index (χ1) is 7.29. The molecule has 73 valence electrons. The molecule has 0 aliphatic rings. The minimum absolute atomic E-state index is 0.0941. The quantitative estimate of drug-likeness (QED) is 0.751. The third-order valence-electron chi connectivity index (χ3n) is 2.17. The van der Waals surface area contributed by atoms with Crippen LogP contribution in [0, 0.1) is 0 Å². The Hall–Kier alpha value is -1.84. The van der Waals surface area contributed by atoms with Gasteiger partial charge in [0, 0.05) is 23.5 Å². The zero-order chi connectivity index (χ0) is 10.7. The second-order valence-electron chi connectivity index (χ2n) is 3.22. The van der Waals surface area contributed by atoms with Crippen LogP contribution < -0.4 is 5.32 Å². The summed E-state index contributed by atoms with van der Waals surface area (Å²) in [6, 6.07) is 7.65. The van der Waals surface area contributed by atoms with Crippen LogP contribution in [-0.4, -0.2) is 18.1 Å². The summed E-state index contributed by atoms with van der Waals surface area (Å²) in [6.45, 7) is 1.71. The van der Waals surface area contributed by atoms with Crippen molar-refractivity contribution in [1.82, 2.24) is 4.98 Å². The maximum absolute atomic E-state index is 11.1. The first kappa shape index (κ1) is 9.71. The number of carbonyl (C=O) groups excluding carboxylic acids is 1. The number of amides is 1. The van der Waals surface area contributed by atoms with Crippen LogP contribution in [0.4, 0.5) is 10.5 Å². The summed E-state index contributed by atoms with van der Waals surface area (Å²) < 4.78 is 0. The van der Waals surface area contributed by atoms with E-state index in [9.17, 15) is 4.79 Å². The number of carbonyl (C=O) groups is 1. The Bertz CT molecular complexity index is 499. The van der Waals surface area contributed by atoms with Crippen LogP contribution in [0.15, 0.2) is 36.7 Å². The second-order valence-corrected chi connectivity index (χ2v) is 3.22. The third-order valence-corrected chi connectivity index (χ3v) is 2.17. The number of nitrogens with one attached hydrogen (secondary N) is 1. The van der Waals surface area contributed by atoms with E-state index in [1.54, 1.807) is 19.2 Å². The molecular formula is C11H10BN2O. The summed E-state index contributed by atoms with van der Waals surface area (Å²) in [5, 5.41) is 4.90. The standard InChI is InChI=1S/C11H10BN2O/c1-12-11(15)14-10-3-2-9-7-13-5-4-8(9)6-10/h2-7H,1H3,(H,14,15). The molecule has 2 aromatic rings. The van der Waals surface area contributed by atoms with Crippen LogP contribution in [0.5, 0.6) is 0 Å². The summed E-state index contributed by atoms with van der Waals surface area (Å²) in [5.74, 6) is -0.0941. The molecule has 0 unspecified atom stereocenters. The van der Waals surface area contributed by atoms with Gasteiger partial charge in [0.2, 0.25) is 7.28 Å². The topological polar surface area (TPSA) is 42.0 Å². The van der Waals surface area contributed by atoms with Gasteiger partial charge in [-0.3, -0.25) is 9.78 Å². The Balaban J connectivity index is 2.34. The Morgan fingerprint density at radius 1 is 1.33 bits per heavy atom. The van der Waals surface area contributed by atoms with Crippen molar-refractivity contribution in [3.8, 4) is 0 Å². The van der Waals surface area contributed by atoms with Gasteiger partial charge >= 0.3 is 0 Å². The van der Waals surface area contributed by atoms with Crippen LogP contribution >= 0.6 is 0 Å². The maximum atomic E-state index is 11.1. The fourth-order valence-corrected chi connectivity index (χ4v) is 1.38. The van der Waals surface area contributed by atoms with Crippen LogP contribution in [0.3, 0.4) is 0 Å². The number of anilines is 1. The number of hydrogen-bond donors (Lipinski definition) is 1. The molecule has 3 nitrogen and oxygen atoms in total. The molecule has 0 saturated heterocycles. The first-order valence-corrected chi connectivity index (χ1v) is 4.74. The zero-order valence-electron chi connectivity index (χ0n) is 8.40. The summed E-state index contributed by atoms with van der Waals surface area (Å²) >= 11 is 0. The molecule has 0 atom stereocenters. The van der Waals surface area contributed by atoms with Crippen molar-refractivity contribution in [2.45, 2.75) is 6.82 Å². The van der Waals surface area contributed by atoms with Crippen molar-refractivity contribution in [3.63, 3.8) is 0 Å². The highest BCUT2D eigenvalue weighted by atomic mass is 16.1. The van der Waals surface area contributed by atoms with Gasteiger partial charge in [-0.15, -0.1) is 0 Å². The van der Waals surface area contributed by atoms with Crippen LogP contribution in [0.2, 0.25) is 6.82 Å². The lowest BCUT2D eigenvalue weighted by molar-refractivity contribution is 0.268. The van der Waals surface area contributed by atoms with E-state index in [2.05, 4.69) is 10.3 Å². The average Bonchev–Trinajstić information content (AvgIpc) is 2.29. The van der Waals surface area contributed by atoms with Gasteiger partial charge < -0.3 is 5.32 Å². The SMILES string of the molecule is C[B]C(=O)Nc1ccc2cnccc2c1. The van der Waals surface area contributed by atoms with Crippen LogP contribution in [0.1, 0.15) is 0 Å². The Labute approximate surface area is 88.8 Å². The van der Waals surface area contributed by atoms with Gasteiger partial charge in [-0.2, -0.15) is 0 Å². The fraction of sp³-hybridized carbons (Fsp3) is 0.0909. The van der Waals surface area contributed by atoms with Crippen molar-refractivity contribution >= 4 is 29.5 Å². The number of pyridine rings is 1. The van der Waals surface area contributed by atoms with Gasteiger partial charge in [-0.25, -0.2) is 0 Å². The van der Waals surface area contributed by atoms with Gasteiger partial charge in [-0.05, 0) is 23.6 Å². The molecule has 15 heavy (non-hydrogen) atoms. The van der Waals surface area contributed by atoms with E-state index < -0.39 is 0 Å². The third kappa shape index (κ3) is 2.15. The van der Waals surface area contributed by atoms with E-state index in [1.807, 2.05) is 24.3 Å². The van der Waals surface area contributed by atoms with Gasteiger partial charge in [0.05, 0.1) is 0 Å². The summed E-state index contributed by atoms with van der Waals surface area (Å²) in [5.41, 5.74) is 0.803. The average molecular weight is 197 g/mol. The lowest BCUT2D eigenvalue weighted by Gasteiger charge is -2.04. The molecule has 1 heterocycles. The number of aromatic nitrogens is 1. The molecule has 0 aliphatic carbocycles. The Morgan fingerprint density at radius 3 is 3.00 bits per heavy atom. The summed E-state index contributed by atoms with van der Waals surface area (Å²) in [6.07, 6.45) is 3.53. The number of benzene rings is 1. The smallest absolute Gasteiger partial charge is 0.229 e. The molecule has 1 radical (unpaired) electrons. The highest BCUT2D eigenvalue weighted by Crippen LogP contribution is 2.17. The maximum Gasteiger partial charge on any atom is 0.229 e. The van der Waals surface area contributed by atoms with Crippen molar-refractivity contribution in [1.29, 1.82) is 0 Å². The van der Waals surface area contributed by atoms with E-state index in [1.165, 1.54) is 7.28 Å². The molecule has 0 fully saturated rings. The van der Waals surface area contributed by atoms with E-state index >= 15 is 0 Å². The molecule has 0 bridgehead atoms. The van der Waals surface area contributed by atoms with Crippen LogP contribution in [-0.2, 0) is 0 Å². The van der Waals surface area contributed by atoms with Crippen molar-refractivity contribution in [2.24, 2.45) is 0 Å². The van der Waals surface area contributed by atoms with E-state index in [-0.39, 0.29) is 5.81 Å². The molecule has 0 spiro atoms. The van der Waals surface area contributed by atoms with E-state index in [0.29, 0.717) is 0 Å². The first-order valence-electron chi connectivity index (χ1n) is 4.74. The van der Waals surface area contributed by atoms with Gasteiger partial charge in [0.25, 0.3) is 0 Å². The highest BCUT2D eigenvalue weighted by molar-refractivity contribution is 6.74. The minimum atomic E-state index is -0.0941. The summed E-state index contributed by atoms with van der Waals surface area (Å²) in [4.78, 5) is 15.2. The van der Waals surface area contributed by atoms with Crippen LogP contribution in [0.25, 0.3) is 10.8 Å². The molecule has 1 amide bonds. The molecule has 4 heteroatoms. The highest BCUT2D eigenvalue weighted by Gasteiger charge is 2.00. The minimum Gasteiger partial charge on any atom is -0.335 e. The largest absolute Gasteiger partial charge is 0.335 e.